The minimum atomic E-state index is 0.634. The smallest absolute Gasteiger partial charge is 0.00324 e. The van der Waals surface area contributed by atoms with Gasteiger partial charge in [0.05, 0.1) is 0 Å². The van der Waals surface area contributed by atoms with Crippen LogP contribution < -0.4 is 0 Å². The first-order valence-corrected chi connectivity index (χ1v) is 4.85. The molecule has 2 atom stereocenters. The van der Waals surface area contributed by atoms with E-state index >= 15 is 0 Å². The molecular formula is C13H16. The van der Waals surface area contributed by atoms with Gasteiger partial charge in [0.1, 0.15) is 0 Å². The number of fused-ring (bicyclic) bond motifs is 2. The van der Waals surface area contributed by atoms with Gasteiger partial charge >= 0.3 is 0 Å². The quantitative estimate of drug-likeness (QED) is 0.558. The minimum absolute atomic E-state index is 0.634. The van der Waals surface area contributed by atoms with E-state index in [0.717, 1.165) is 0 Å². The zero-order valence-corrected chi connectivity index (χ0v) is 8.43. The van der Waals surface area contributed by atoms with Gasteiger partial charge in [-0.2, -0.15) is 0 Å². The first kappa shape index (κ1) is 8.55. The molecule has 0 heterocycles. The topological polar surface area (TPSA) is 0 Å². The molecule has 0 N–H and O–H groups in total. The first-order chi connectivity index (χ1) is 6.11. The summed E-state index contributed by atoms with van der Waals surface area (Å²) >= 11 is 0. The van der Waals surface area contributed by atoms with E-state index in [0.29, 0.717) is 11.8 Å². The fraction of sp³-hybridized carbons (Fsp3) is 0.385. The molecule has 2 aliphatic rings. The lowest BCUT2D eigenvalue weighted by Gasteiger charge is -2.16. The zero-order chi connectivity index (χ0) is 9.59. The van der Waals surface area contributed by atoms with Crippen molar-refractivity contribution >= 4 is 0 Å². The molecule has 68 valence electrons. The molecule has 0 saturated heterocycles. The van der Waals surface area contributed by atoms with Gasteiger partial charge in [0.2, 0.25) is 0 Å². The van der Waals surface area contributed by atoms with Gasteiger partial charge in [0.15, 0.2) is 0 Å². The van der Waals surface area contributed by atoms with Crippen LogP contribution in [0.3, 0.4) is 0 Å². The average molecular weight is 172 g/mol. The number of rotatable bonds is 2. The predicted octanol–water partition coefficient (Wildman–Crippen LogP) is 3.64. The normalized spacial score (nSPS) is 30.0. The largest absolute Gasteiger partial charge is 0.0958 e. The van der Waals surface area contributed by atoms with E-state index in [2.05, 4.69) is 39.2 Å². The van der Waals surface area contributed by atoms with Gasteiger partial charge in [0.25, 0.3) is 0 Å². The van der Waals surface area contributed by atoms with Crippen LogP contribution in [0.4, 0.5) is 0 Å². The highest BCUT2D eigenvalue weighted by molar-refractivity contribution is 5.53. The fourth-order valence-electron chi connectivity index (χ4n) is 2.62. The number of allylic oxidation sites excluding steroid dienone is 6. The van der Waals surface area contributed by atoms with Gasteiger partial charge < -0.3 is 0 Å². The lowest BCUT2D eigenvalue weighted by Crippen LogP contribution is -2.00. The summed E-state index contributed by atoms with van der Waals surface area (Å²) in [7, 11) is 0. The second-order valence-corrected chi connectivity index (χ2v) is 4.22. The summed E-state index contributed by atoms with van der Waals surface area (Å²) in [4.78, 5) is 0. The van der Waals surface area contributed by atoms with E-state index in [-0.39, 0.29) is 0 Å². The molecule has 0 spiro atoms. The van der Waals surface area contributed by atoms with E-state index in [1.165, 1.54) is 28.7 Å². The monoisotopic (exact) mass is 172 g/mol. The maximum absolute atomic E-state index is 4.06. The van der Waals surface area contributed by atoms with Gasteiger partial charge in [-0.05, 0) is 31.4 Å². The minimum Gasteiger partial charge on any atom is -0.0958 e. The molecule has 2 unspecified atom stereocenters. The Labute approximate surface area is 80.3 Å². The van der Waals surface area contributed by atoms with Gasteiger partial charge in [-0.1, -0.05) is 36.5 Å². The van der Waals surface area contributed by atoms with Crippen LogP contribution >= 0.6 is 0 Å². The second-order valence-electron chi connectivity index (χ2n) is 4.22. The molecule has 2 aliphatic carbocycles. The molecule has 0 saturated carbocycles. The van der Waals surface area contributed by atoms with Crippen LogP contribution in [0.25, 0.3) is 0 Å². The maximum atomic E-state index is 4.06. The van der Waals surface area contributed by atoms with Crippen LogP contribution in [0, 0.1) is 11.8 Å². The van der Waals surface area contributed by atoms with Crippen LogP contribution in [-0.4, -0.2) is 0 Å². The lowest BCUT2D eigenvalue weighted by atomic mass is 9.89. The lowest BCUT2D eigenvalue weighted by molar-refractivity contribution is 0.707. The Hall–Kier alpha value is -1.04. The Balaban J connectivity index is 2.48. The Kier molecular flexibility index (Phi) is 1.80. The van der Waals surface area contributed by atoms with E-state index < -0.39 is 0 Å². The first-order valence-electron chi connectivity index (χ1n) is 4.85. The van der Waals surface area contributed by atoms with Crippen molar-refractivity contribution in [2.75, 3.05) is 0 Å². The Bertz CT molecular complexity index is 307. The van der Waals surface area contributed by atoms with E-state index in [9.17, 15) is 0 Å². The van der Waals surface area contributed by atoms with Crippen LogP contribution in [0.15, 0.2) is 47.6 Å². The van der Waals surface area contributed by atoms with Crippen LogP contribution in [0.5, 0.6) is 0 Å². The summed E-state index contributed by atoms with van der Waals surface area (Å²) in [5.41, 5.74) is 5.35. The highest BCUT2D eigenvalue weighted by Gasteiger charge is 2.35. The van der Waals surface area contributed by atoms with Crippen LogP contribution in [0.2, 0.25) is 0 Å². The van der Waals surface area contributed by atoms with E-state index in [1.807, 2.05) is 0 Å². The van der Waals surface area contributed by atoms with Crippen molar-refractivity contribution < 1.29 is 0 Å². The summed E-state index contributed by atoms with van der Waals surface area (Å²) < 4.78 is 0. The third-order valence-electron chi connectivity index (χ3n) is 3.03. The Morgan fingerprint density at radius 1 is 1.08 bits per heavy atom. The van der Waals surface area contributed by atoms with Crippen molar-refractivity contribution in [1.29, 1.82) is 0 Å². The third kappa shape index (κ3) is 1.13. The van der Waals surface area contributed by atoms with E-state index in [4.69, 9.17) is 0 Å². The Morgan fingerprint density at radius 3 is 1.77 bits per heavy atom. The highest BCUT2D eigenvalue weighted by atomic mass is 14.4. The van der Waals surface area contributed by atoms with Crippen molar-refractivity contribution in [2.24, 2.45) is 11.8 Å². The fourth-order valence-corrected chi connectivity index (χ4v) is 2.62. The van der Waals surface area contributed by atoms with Gasteiger partial charge in [-0.15, -0.1) is 0 Å². The third-order valence-corrected chi connectivity index (χ3v) is 3.03. The van der Waals surface area contributed by atoms with Crippen molar-refractivity contribution in [3.05, 3.63) is 47.6 Å². The van der Waals surface area contributed by atoms with Crippen molar-refractivity contribution in [1.82, 2.24) is 0 Å². The Morgan fingerprint density at radius 2 is 1.46 bits per heavy atom. The standard InChI is InChI=1S/C13H16/c1-8(2)12-10-5-6-11(7-10)13(12)9(3)4/h5-6,10-11H,1,3,7H2,2,4H3. The van der Waals surface area contributed by atoms with Crippen molar-refractivity contribution in [2.45, 2.75) is 20.3 Å². The average Bonchev–Trinajstić information content (AvgIpc) is 2.60. The van der Waals surface area contributed by atoms with Crippen LogP contribution in [-0.2, 0) is 0 Å². The molecule has 0 aromatic rings. The van der Waals surface area contributed by atoms with Crippen LogP contribution in [0.1, 0.15) is 20.3 Å². The summed E-state index contributed by atoms with van der Waals surface area (Å²) in [5.74, 6) is 1.27. The summed E-state index contributed by atoms with van der Waals surface area (Å²) in [6.45, 7) is 12.3. The van der Waals surface area contributed by atoms with Gasteiger partial charge in [0, 0.05) is 11.8 Å². The summed E-state index contributed by atoms with van der Waals surface area (Å²) in [6.07, 6.45) is 5.90. The molecule has 0 heteroatoms. The molecule has 13 heavy (non-hydrogen) atoms. The zero-order valence-electron chi connectivity index (χ0n) is 8.43. The molecule has 0 fully saturated rings. The van der Waals surface area contributed by atoms with Gasteiger partial charge in [-0.25, -0.2) is 0 Å². The summed E-state index contributed by atoms with van der Waals surface area (Å²) in [6, 6.07) is 0. The second kappa shape index (κ2) is 2.73. The molecule has 0 aliphatic heterocycles. The SMILES string of the molecule is C=C(C)C1=C(C(=C)C)C2C=CC1C2. The van der Waals surface area contributed by atoms with E-state index in [1.54, 1.807) is 0 Å². The molecular weight excluding hydrogens is 156 g/mol. The van der Waals surface area contributed by atoms with Crippen molar-refractivity contribution in [3.8, 4) is 0 Å². The summed E-state index contributed by atoms with van der Waals surface area (Å²) in [5, 5.41) is 0. The maximum Gasteiger partial charge on any atom is 0.00324 e. The molecule has 0 aromatic carbocycles. The van der Waals surface area contributed by atoms with Gasteiger partial charge in [-0.3, -0.25) is 0 Å². The molecule has 2 bridgehead atoms. The molecule has 0 nitrogen and oxygen atoms in total. The number of hydrogen-bond acceptors (Lipinski definition) is 0. The predicted molar refractivity (Wildman–Crippen MR) is 57.4 cm³/mol. The van der Waals surface area contributed by atoms with Crippen molar-refractivity contribution in [3.63, 3.8) is 0 Å². The number of hydrogen-bond donors (Lipinski definition) is 0. The molecule has 0 aromatic heterocycles. The molecule has 2 rings (SSSR count). The molecule has 0 amide bonds. The highest BCUT2D eigenvalue weighted by Crippen LogP contribution is 2.48. The molecule has 0 radical (unpaired) electrons.